The molecule has 1 fully saturated rings. The van der Waals surface area contributed by atoms with Gasteiger partial charge in [-0.1, -0.05) is 23.7 Å². The smallest absolute Gasteiger partial charge is 0.262 e. The van der Waals surface area contributed by atoms with Crippen molar-refractivity contribution in [1.29, 1.82) is 0 Å². The van der Waals surface area contributed by atoms with E-state index in [4.69, 9.17) is 21.1 Å². The third kappa shape index (κ3) is 5.48. The van der Waals surface area contributed by atoms with Crippen LogP contribution in [-0.2, 0) is 19.6 Å². The maximum atomic E-state index is 12.9. The molecule has 1 saturated heterocycles. The molecule has 1 heterocycles. The van der Waals surface area contributed by atoms with Crippen LogP contribution in [0.4, 0.5) is 5.69 Å². The number of benzene rings is 2. The van der Waals surface area contributed by atoms with Gasteiger partial charge in [-0.05, 0) is 50.2 Å². The van der Waals surface area contributed by atoms with E-state index < -0.39 is 10.0 Å². The van der Waals surface area contributed by atoms with Crippen LogP contribution in [0.1, 0.15) is 13.8 Å². The second-order valence-electron chi connectivity index (χ2n) is 6.87. The van der Waals surface area contributed by atoms with Crippen molar-refractivity contribution in [3.63, 3.8) is 0 Å². The fourth-order valence-corrected chi connectivity index (χ4v) is 4.87. The Morgan fingerprint density at radius 1 is 1.14 bits per heavy atom. The van der Waals surface area contributed by atoms with E-state index in [2.05, 4.69) is 5.32 Å². The van der Waals surface area contributed by atoms with Crippen molar-refractivity contribution < 1.29 is 22.7 Å². The SMILES string of the molecule is CC1CN(S(=O)(=O)c2ccc(NC(=O)COc3ccccc3Cl)cc2)CC(C)O1. The lowest BCUT2D eigenvalue weighted by molar-refractivity contribution is -0.118. The fraction of sp³-hybridized carbons (Fsp3) is 0.350. The zero-order valence-electron chi connectivity index (χ0n) is 16.2. The van der Waals surface area contributed by atoms with E-state index >= 15 is 0 Å². The summed E-state index contributed by atoms with van der Waals surface area (Å²) >= 11 is 5.98. The van der Waals surface area contributed by atoms with Crippen LogP contribution in [0.3, 0.4) is 0 Å². The van der Waals surface area contributed by atoms with E-state index in [9.17, 15) is 13.2 Å². The van der Waals surface area contributed by atoms with Gasteiger partial charge in [0.15, 0.2) is 6.61 Å². The number of rotatable bonds is 6. The number of halogens is 1. The summed E-state index contributed by atoms with van der Waals surface area (Å²) in [5.74, 6) is 0.0380. The zero-order chi connectivity index (χ0) is 21.0. The van der Waals surface area contributed by atoms with E-state index in [1.807, 2.05) is 13.8 Å². The predicted molar refractivity (Wildman–Crippen MR) is 111 cm³/mol. The van der Waals surface area contributed by atoms with E-state index in [0.717, 1.165) is 0 Å². The number of sulfonamides is 1. The Balaban J connectivity index is 1.61. The maximum absolute atomic E-state index is 12.9. The highest BCUT2D eigenvalue weighted by Gasteiger charge is 2.32. The Kier molecular flexibility index (Phi) is 6.79. The molecule has 0 spiro atoms. The van der Waals surface area contributed by atoms with Crippen LogP contribution in [0.25, 0.3) is 0 Å². The van der Waals surface area contributed by atoms with Gasteiger partial charge in [-0.2, -0.15) is 4.31 Å². The van der Waals surface area contributed by atoms with E-state index in [1.165, 1.54) is 16.4 Å². The molecule has 1 amide bonds. The lowest BCUT2D eigenvalue weighted by atomic mass is 10.3. The van der Waals surface area contributed by atoms with E-state index in [1.54, 1.807) is 36.4 Å². The number of amides is 1. The van der Waals surface area contributed by atoms with Crippen molar-refractivity contribution in [2.75, 3.05) is 25.0 Å². The second-order valence-corrected chi connectivity index (χ2v) is 9.22. The number of nitrogens with one attached hydrogen (secondary N) is 1. The number of hydrogen-bond acceptors (Lipinski definition) is 5. The summed E-state index contributed by atoms with van der Waals surface area (Å²) < 4.78 is 38.1. The Hall–Kier alpha value is -2.13. The standard InChI is InChI=1S/C20H23ClN2O5S/c1-14-11-23(12-15(2)28-14)29(25,26)17-9-7-16(8-10-17)22-20(24)13-27-19-6-4-3-5-18(19)21/h3-10,14-15H,11-13H2,1-2H3,(H,22,24). The molecule has 0 bridgehead atoms. The van der Waals surface area contributed by atoms with Gasteiger partial charge in [-0.25, -0.2) is 8.42 Å². The average molecular weight is 439 g/mol. The number of anilines is 1. The van der Waals surface area contributed by atoms with Crippen LogP contribution in [0, 0.1) is 0 Å². The highest BCUT2D eigenvalue weighted by Crippen LogP contribution is 2.24. The van der Waals surface area contributed by atoms with Crippen molar-refractivity contribution in [3.05, 3.63) is 53.6 Å². The van der Waals surface area contributed by atoms with Gasteiger partial charge in [0.25, 0.3) is 5.91 Å². The van der Waals surface area contributed by atoms with Gasteiger partial charge in [0.2, 0.25) is 10.0 Å². The molecule has 1 aliphatic heterocycles. The molecule has 2 aromatic carbocycles. The van der Waals surface area contributed by atoms with Gasteiger partial charge >= 0.3 is 0 Å². The van der Waals surface area contributed by atoms with Crippen LogP contribution in [0.5, 0.6) is 5.75 Å². The summed E-state index contributed by atoms with van der Waals surface area (Å²) in [6.07, 6.45) is -0.324. The number of hydrogen-bond donors (Lipinski definition) is 1. The minimum Gasteiger partial charge on any atom is -0.482 e. The summed E-state index contributed by atoms with van der Waals surface area (Å²) in [7, 11) is -3.62. The van der Waals surface area contributed by atoms with Crippen molar-refractivity contribution in [3.8, 4) is 5.75 Å². The first-order valence-corrected chi connectivity index (χ1v) is 11.0. The number of carbonyl (C=O) groups excluding carboxylic acids is 1. The molecule has 7 nitrogen and oxygen atoms in total. The quantitative estimate of drug-likeness (QED) is 0.748. The highest BCUT2D eigenvalue weighted by molar-refractivity contribution is 7.89. The lowest BCUT2D eigenvalue weighted by Crippen LogP contribution is -2.48. The highest BCUT2D eigenvalue weighted by atomic mass is 35.5. The molecule has 3 rings (SSSR count). The topological polar surface area (TPSA) is 84.9 Å². The molecule has 0 aliphatic carbocycles. The second kappa shape index (κ2) is 9.13. The van der Waals surface area contributed by atoms with Gasteiger partial charge in [0.1, 0.15) is 5.75 Å². The summed E-state index contributed by atoms with van der Waals surface area (Å²) in [6.45, 7) is 4.10. The summed E-state index contributed by atoms with van der Waals surface area (Å²) in [4.78, 5) is 12.2. The Labute approximate surface area is 175 Å². The predicted octanol–water partition coefficient (Wildman–Crippen LogP) is 3.16. The molecule has 2 atom stereocenters. The van der Waals surface area contributed by atoms with Crippen molar-refractivity contribution in [1.82, 2.24) is 4.31 Å². The molecule has 29 heavy (non-hydrogen) atoms. The molecular weight excluding hydrogens is 416 g/mol. The Bertz CT molecular complexity index is 955. The first-order valence-electron chi connectivity index (χ1n) is 9.18. The number of para-hydroxylation sites is 1. The van der Waals surface area contributed by atoms with Crippen LogP contribution < -0.4 is 10.1 Å². The minimum absolute atomic E-state index is 0.162. The molecule has 2 unspecified atom stereocenters. The van der Waals surface area contributed by atoms with E-state index in [0.29, 0.717) is 29.5 Å². The molecule has 2 aromatic rings. The number of morpholine rings is 1. The molecule has 0 saturated carbocycles. The normalized spacial score (nSPS) is 20.2. The first kappa shape index (κ1) is 21.6. The summed E-state index contributed by atoms with van der Waals surface area (Å²) in [5.41, 5.74) is 0.473. The van der Waals surface area contributed by atoms with Crippen LogP contribution in [-0.4, -0.2) is 50.5 Å². The van der Waals surface area contributed by atoms with Crippen molar-refractivity contribution in [2.24, 2.45) is 0 Å². The number of ether oxygens (including phenoxy) is 2. The molecule has 0 aromatic heterocycles. The molecule has 1 N–H and O–H groups in total. The van der Waals surface area contributed by atoms with Gasteiger partial charge < -0.3 is 14.8 Å². The Morgan fingerprint density at radius 2 is 1.76 bits per heavy atom. The zero-order valence-corrected chi connectivity index (χ0v) is 17.7. The third-order valence-electron chi connectivity index (χ3n) is 4.36. The molecule has 1 aliphatic rings. The van der Waals surface area contributed by atoms with Gasteiger partial charge in [-0.3, -0.25) is 4.79 Å². The van der Waals surface area contributed by atoms with Gasteiger partial charge in [0.05, 0.1) is 22.1 Å². The molecule has 9 heteroatoms. The third-order valence-corrected chi connectivity index (χ3v) is 6.52. The van der Waals surface area contributed by atoms with Crippen LogP contribution >= 0.6 is 11.6 Å². The summed E-state index contributed by atoms with van der Waals surface area (Å²) in [6, 6.07) is 12.9. The average Bonchev–Trinajstić information content (AvgIpc) is 2.67. The van der Waals surface area contributed by atoms with E-state index in [-0.39, 0.29) is 29.6 Å². The molecule has 156 valence electrons. The first-order chi connectivity index (χ1) is 13.8. The van der Waals surface area contributed by atoms with Gasteiger partial charge in [0, 0.05) is 18.8 Å². The van der Waals surface area contributed by atoms with Crippen LogP contribution in [0.15, 0.2) is 53.4 Å². The number of nitrogens with zero attached hydrogens (tertiary/aromatic N) is 1. The fourth-order valence-electron chi connectivity index (χ4n) is 3.09. The van der Waals surface area contributed by atoms with Gasteiger partial charge in [-0.15, -0.1) is 0 Å². The van der Waals surface area contributed by atoms with Crippen LogP contribution in [0.2, 0.25) is 5.02 Å². The Morgan fingerprint density at radius 3 is 2.38 bits per heavy atom. The summed E-state index contributed by atoms with van der Waals surface area (Å²) in [5, 5.41) is 3.09. The minimum atomic E-state index is -3.62. The number of carbonyl (C=O) groups is 1. The molecular formula is C20H23ClN2O5S. The monoisotopic (exact) mass is 438 g/mol. The lowest BCUT2D eigenvalue weighted by Gasteiger charge is -2.34. The maximum Gasteiger partial charge on any atom is 0.262 e. The largest absolute Gasteiger partial charge is 0.482 e. The van der Waals surface area contributed by atoms with Crippen molar-refractivity contribution in [2.45, 2.75) is 31.0 Å². The van der Waals surface area contributed by atoms with Crippen molar-refractivity contribution >= 4 is 33.2 Å². The molecule has 0 radical (unpaired) electrons.